The number of nitrogens with one attached hydrogen (secondary N) is 1. The maximum atomic E-state index is 15.3. The lowest BCUT2D eigenvalue weighted by atomic mass is 10.1. The first-order chi connectivity index (χ1) is 15.0. The SMILES string of the molecule is Cc1cc(NC(=O)c2c(F)c(N([C@H]3CN(C(=O)O)C[C@H]3CS)S(=O)[O-])cn2C)ccc1F. The molecule has 2 heterocycles. The molecule has 2 amide bonds. The molecule has 0 radical (unpaired) electrons. The standard InChI is InChI=1S/C19H22F2N4O5S2/c1-10-5-12(3-4-13(10)20)22-18(26)17-16(21)15(7-23(17)2)25(32(29)30)14-8-24(19(27)28)6-11(14)9-31/h3-5,7,11,14,31H,6,8-9H2,1-2H3,(H,22,26)(H,27,28)(H,29,30)/p-1/t11-,14-/m0/s1. The molecule has 1 saturated heterocycles. The Hall–Kier alpha value is -2.64. The summed E-state index contributed by atoms with van der Waals surface area (Å²) in [5.74, 6) is -2.71. The molecule has 1 aliphatic heterocycles. The number of aryl methyl sites for hydroxylation is 2. The zero-order valence-corrected chi connectivity index (χ0v) is 18.8. The van der Waals surface area contributed by atoms with Crippen molar-refractivity contribution >= 4 is 47.3 Å². The summed E-state index contributed by atoms with van der Waals surface area (Å²) in [6, 6.07) is 2.96. The van der Waals surface area contributed by atoms with Crippen molar-refractivity contribution in [2.45, 2.75) is 13.0 Å². The zero-order chi connectivity index (χ0) is 23.7. The first-order valence-electron chi connectivity index (χ1n) is 9.44. The average Bonchev–Trinajstić information content (AvgIpc) is 3.26. The first-order valence-corrected chi connectivity index (χ1v) is 11.1. The van der Waals surface area contributed by atoms with Crippen LogP contribution in [0.2, 0.25) is 0 Å². The van der Waals surface area contributed by atoms with Gasteiger partial charge in [-0.1, -0.05) is 0 Å². The molecule has 3 atom stereocenters. The highest BCUT2D eigenvalue weighted by atomic mass is 32.2. The van der Waals surface area contributed by atoms with Gasteiger partial charge in [-0.15, -0.1) is 0 Å². The van der Waals surface area contributed by atoms with Crippen LogP contribution < -0.4 is 9.62 Å². The number of thiol groups is 1. The fraction of sp³-hybridized carbons (Fsp3) is 0.368. The molecule has 1 unspecified atom stereocenters. The normalized spacial score (nSPS) is 19.1. The van der Waals surface area contributed by atoms with Gasteiger partial charge in [-0.25, -0.2) is 13.6 Å². The largest absolute Gasteiger partial charge is 0.755 e. The Labute approximate surface area is 190 Å². The molecule has 32 heavy (non-hydrogen) atoms. The van der Waals surface area contributed by atoms with Crippen LogP contribution in [0.5, 0.6) is 0 Å². The predicted molar refractivity (Wildman–Crippen MR) is 117 cm³/mol. The summed E-state index contributed by atoms with van der Waals surface area (Å²) in [6.45, 7) is 1.38. The van der Waals surface area contributed by atoms with Crippen LogP contribution in [0.1, 0.15) is 16.1 Å². The predicted octanol–water partition coefficient (Wildman–Crippen LogP) is 2.37. The average molecular weight is 488 g/mol. The number of carbonyl (C=O) groups is 2. The van der Waals surface area contributed by atoms with E-state index in [0.29, 0.717) is 0 Å². The fourth-order valence-corrected chi connectivity index (χ4v) is 4.84. The molecular formula is C19H21F2N4O5S2-. The van der Waals surface area contributed by atoms with E-state index in [-0.39, 0.29) is 35.8 Å². The van der Waals surface area contributed by atoms with E-state index in [9.17, 15) is 27.8 Å². The quantitative estimate of drug-likeness (QED) is 0.427. The lowest BCUT2D eigenvalue weighted by molar-refractivity contribution is 0.101. The van der Waals surface area contributed by atoms with Gasteiger partial charge < -0.3 is 24.4 Å². The molecule has 0 bridgehead atoms. The van der Waals surface area contributed by atoms with Crippen LogP contribution in [-0.2, 0) is 18.3 Å². The Morgan fingerprint density at radius 3 is 2.62 bits per heavy atom. The Morgan fingerprint density at radius 2 is 2.06 bits per heavy atom. The van der Waals surface area contributed by atoms with Crippen LogP contribution in [0.3, 0.4) is 0 Å². The molecule has 3 rings (SSSR count). The number of anilines is 2. The van der Waals surface area contributed by atoms with Gasteiger partial charge in [0.25, 0.3) is 5.91 Å². The van der Waals surface area contributed by atoms with Crippen molar-refractivity contribution in [1.29, 1.82) is 0 Å². The Morgan fingerprint density at radius 1 is 1.38 bits per heavy atom. The lowest BCUT2D eigenvalue weighted by Gasteiger charge is -2.33. The highest BCUT2D eigenvalue weighted by molar-refractivity contribution is 7.80. The van der Waals surface area contributed by atoms with Crippen molar-refractivity contribution in [1.82, 2.24) is 9.47 Å². The maximum absolute atomic E-state index is 15.3. The van der Waals surface area contributed by atoms with E-state index >= 15 is 4.39 Å². The third kappa shape index (κ3) is 4.59. The van der Waals surface area contributed by atoms with Gasteiger partial charge in [-0.05, 0) is 36.4 Å². The number of carboxylic acid groups (broad SMARTS) is 1. The minimum absolute atomic E-state index is 0.0446. The number of aromatic nitrogens is 1. The van der Waals surface area contributed by atoms with Gasteiger partial charge in [-0.3, -0.25) is 13.3 Å². The Balaban J connectivity index is 1.94. The molecule has 174 valence electrons. The molecule has 1 aromatic carbocycles. The van der Waals surface area contributed by atoms with Crippen LogP contribution in [0, 0.1) is 24.5 Å². The summed E-state index contributed by atoms with van der Waals surface area (Å²) in [5.41, 5.74) is -0.299. The number of carbonyl (C=O) groups excluding carboxylic acids is 1. The summed E-state index contributed by atoms with van der Waals surface area (Å²) in [7, 11) is 1.37. The van der Waals surface area contributed by atoms with Crippen LogP contribution in [-0.4, -0.2) is 60.2 Å². The summed E-state index contributed by atoms with van der Waals surface area (Å²) >= 11 is 1.22. The number of halogens is 2. The number of benzene rings is 1. The number of likely N-dealkylation sites (tertiary alicyclic amines) is 1. The van der Waals surface area contributed by atoms with Gasteiger partial charge in [0.2, 0.25) is 0 Å². The zero-order valence-electron chi connectivity index (χ0n) is 17.1. The molecule has 2 aromatic rings. The number of hydrogen-bond acceptors (Lipinski definition) is 5. The highest BCUT2D eigenvalue weighted by Gasteiger charge is 2.40. The van der Waals surface area contributed by atoms with E-state index in [2.05, 4.69) is 17.9 Å². The Kier molecular flexibility index (Phi) is 7.10. The topological polar surface area (TPSA) is 118 Å². The minimum Gasteiger partial charge on any atom is -0.755 e. The molecule has 13 heteroatoms. The van der Waals surface area contributed by atoms with E-state index in [4.69, 9.17) is 0 Å². The second-order valence-corrected chi connectivity index (χ2v) is 8.64. The smallest absolute Gasteiger partial charge is 0.407 e. The molecule has 0 saturated carbocycles. The van der Waals surface area contributed by atoms with E-state index < -0.39 is 52.6 Å². The van der Waals surface area contributed by atoms with Crippen molar-refractivity contribution in [3.63, 3.8) is 0 Å². The van der Waals surface area contributed by atoms with Gasteiger partial charge in [0.15, 0.2) is 5.82 Å². The van der Waals surface area contributed by atoms with Crippen molar-refractivity contribution < 1.29 is 32.2 Å². The molecule has 1 fully saturated rings. The van der Waals surface area contributed by atoms with E-state index in [1.807, 2.05) is 0 Å². The molecule has 1 aliphatic rings. The lowest BCUT2D eigenvalue weighted by Crippen LogP contribution is -2.43. The van der Waals surface area contributed by atoms with Gasteiger partial charge in [-0.2, -0.15) is 12.6 Å². The fourth-order valence-electron chi connectivity index (χ4n) is 3.73. The monoisotopic (exact) mass is 487 g/mol. The third-order valence-corrected chi connectivity index (χ3v) is 6.60. The first kappa shape index (κ1) is 24.0. The van der Waals surface area contributed by atoms with E-state index in [0.717, 1.165) is 26.0 Å². The molecule has 0 aliphatic carbocycles. The number of rotatable bonds is 6. The summed E-state index contributed by atoms with van der Waals surface area (Å²) in [4.78, 5) is 25.1. The number of nitrogens with zero attached hydrogens (tertiary/aromatic N) is 3. The van der Waals surface area contributed by atoms with Gasteiger partial charge in [0, 0.05) is 49.2 Å². The van der Waals surface area contributed by atoms with Gasteiger partial charge in [0.05, 0.1) is 6.04 Å². The molecule has 0 spiro atoms. The minimum atomic E-state index is -2.95. The van der Waals surface area contributed by atoms with E-state index in [1.165, 1.54) is 26.1 Å². The summed E-state index contributed by atoms with van der Waals surface area (Å²) < 4.78 is 54.8. The van der Waals surface area contributed by atoms with Gasteiger partial charge >= 0.3 is 6.09 Å². The van der Waals surface area contributed by atoms with Crippen molar-refractivity contribution in [2.75, 3.05) is 28.5 Å². The van der Waals surface area contributed by atoms with Crippen LogP contribution in [0.4, 0.5) is 25.0 Å². The van der Waals surface area contributed by atoms with Crippen molar-refractivity contribution in [2.24, 2.45) is 13.0 Å². The molecular weight excluding hydrogens is 466 g/mol. The molecule has 9 nitrogen and oxygen atoms in total. The third-order valence-electron chi connectivity index (χ3n) is 5.34. The maximum Gasteiger partial charge on any atom is 0.407 e. The summed E-state index contributed by atoms with van der Waals surface area (Å²) in [5, 5.41) is 11.7. The van der Waals surface area contributed by atoms with Crippen LogP contribution in [0.15, 0.2) is 24.4 Å². The highest BCUT2D eigenvalue weighted by Crippen LogP contribution is 2.33. The second-order valence-electron chi connectivity index (χ2n) is 7.45. The van der Waals surface area contributed by atoms with Gasteiger partial charge in [0.1, 0.15) is 17.2 Å². The Bertz CT molecular complexity index is 1080. The number of hydrogen-bond donors (Lipinski definition) is 3. The van der Waals surface area contributed by atoms with Crippen LogP contribution >= 0.6 is 12.6 Å². The van der Waals surface area contributed by atoms with Crippen molar-refractivity contribution in [3.8, 4) is 0 Å². The second kappa shape index (κ2) is 9.46. The van der Waals surface area contributed by atoms with E-state index in [1.54, 1.807) is 0 Å². The molecule has 1 aromatic heterocycles. The molecule has 2 N–H and O–H groups in total. The summed E-state index contributed by atoms with van der Waals surface area (Å²) in [6.07, 6.45) is -0.0753. The number of amides is 2. The van der Waals surface area contributed by atoms with Crippen LogP contribution in [0.25, 0.3) is 0 Å². The van der Waals surface area contributed by atoms with Crippen molar-refractivity contribution in [3.05, 3.63) is 47.3 Å².